The first-order chi connectivity index (χ1) is 8.58. The highest BCUT2D eigenvalue weighted by molar-refractivity contribution is 9.10. The third-order valence-corrected chi connectivity index (χ3v) is 3.42. The van der Waals surface area contributed by atoms with Crippen LogP contribution in [-0.4, -0.2) is 19.7 Å². The van der Waals surface area contributed by atoms with E-state index in [9.17, 15) is 0 Å². The fraction of sp³-hybridized carbons (Fsp3) is 0.600. The molecule has 1 aromatic rings. The van der Waals surface area contributed by atoms with E-state index in [1.165, 1.54) is 5.56 Å². The van der Waals surface area contributed by atoms with Crippen molar-refractivity contribution in [3.8, 4) is 5.75 Å². The van der Waals surface area contributed by atoms with Crippen LogP contribution in [0.1, 0.15) is 45.1 Å². The minimum Gasteiger partial charge on any atom is -0.489 e. The molecule has 0 bridgehead atoms. The van der Waals surface area contributed by atoms with E-state index in [0.717, 1.165) is 29.6 Å². The zero-order chi connectivity index (χ0) is 13.5. The highest BCUT2D eigenvalue weighted by Crippen LogP contribution is 2.30. The zero-order valence-corrected chi connectivity index (χ0v) is 13.4. The summed E-state index contributed by atoms with van der Waals surface area (Å²) in [5.41, 5.74) is 1.27. The summed E-state index contributed by atoms with van der Waals surface area (Å²) in [7, 11) is 1.97. The molecule has 0 aliphatic carbocycles. The SMILES string of the molecule is CCCC(CNC)Oc1ccc(Br)cc1C(C)C. The Kier molecular flexibility index (Phi) is 6.72. The smallest absolute Gasteiger partial charge is 0.123 e. The molecule has 0 fully saturated rings. The Morgan fingerprint density at radius 1 is 1.33 bits per heavy atom. The van der Waals surface area contributed by atoms with Gasteiger partial charge in [-0.3, -0.25) is 0 Å². The van der Waals surface area contributed by atoms with Crippen molar-refractivity contribution in [2.75, 3.05) is 13.6 Å². The molecular weight excluding hydrogens is 290 g/mol. The van der Waals surface area contributed by atoms with Crippen molar-refractivity contribution < 1.29 is 4.74 Å². The minimum atomic E-state index is 0.249. The van der Waals surface area contributed by atoms with E-state index < -0.39 is 0 Å². The molecule has 0 aliphatic heterocycles. The van der Waals surface area contributed by atoms with E-state index in [4.69, 9.17) is 4.74 Å². The van der Waals surface area contributed by atoms with Crippen molar-refractivity contribution in [3.63, 3.8) is 0 Å². The van der Waals surface area contributed by atoms with Crippen LogP contribution in [0.15, 0.2) is 22.7 Å². The molecule has 0 amide bonds. The van der Waals surface area contributed by atoms with Gasteiger partial charge in [0.1, 0.15) is 11.9 Å². The number of hydrogen-bond acceptors (Lipinski definition) is 2. The fourth-order valence-corrected chi connectivity index (χ4v) is 2.39. The lowest BCUT2D eigenvalue weighted by atomic mass is 10.0. The average Bonchev–Trinajstić information content (AvgIpc) is 2.32. The number of likely N-dealkylation sites (N-methyl/N-ethyl adjacent to an activating group) is 1. The second kappa shape index (κ2) is 7.80. The van der Waals surface area contributed by atoms with Gasteiger partial charge >= 0.3 is 0 Å². The molecule has 0 aromatic heterocycles. The van der Waals surface area contributed by atoms with Crippen molar-refractivity contribution in [1.29, 1.82) is 0 Å². The lowest BCUT2D eigenvalue weighted by Gasteiger charge is -2.21. The molecule has 1 atom stereocenters. The van der Waals surface area contributed by atoms with Crippen molar-refractivity contribution in [2.45, 2.75) is 45.6 Å². The Balaban J connectivity index is 2.87. The molecule has 1 N–H and O–H groups in total. The topological polar surface area (TPSA) is 21.3 Å². The van der Waals surface area contributed by atoms with Crippen LogP contribution in [-0.2, 0) is 0 Å². The normalized spacial score (nSPS) is 12.8. The van der Waals surface area contributed by atoms with Crippen LogP contribution in [0.3, 0.4) is 0 Å². The summed E-state index contributed by atoms with van der Waals surface area (Å²) >= 11 is 3.52. The van der Waals surface area contributed by atoms with E-state index in [1.807, 2.05) is 13.1 Å². The molecule has 0 saturated carbocycles. The number of benzene rings is 1. The Morgan fingerprint density at radius 2 is 2.06 bits per heavy atom. The van der Waals surface area contributed by atoms with Crippen LogP contribution in [0.2, 0.25) is 0 Å². The van der Waals surface area contributed by atoms with Crippen LogP contribution in [0.25, 0.3) is 0 Å². The second-order valence-electron chi connectivity index (χ2n) is 4.92. The molecule has 3 heteroatoms. The monoisotopic (exact) mass is 313 g/mol. The van der Waals surface area contributed by atoms with E-state index >= 15 is 0 Å². The molecule has 0 spiro atoms. The summed E-state index contributed by atoms with van der Waals surface area (Å²) in [5.74, 6) is 1.48. The van der Waals surface area contributed by atoms with Crippen LogP contribution >= 0.6 is 15.9 Å². The summed E-state index contributed by atoms with van der Waals surface area (Å²) in [4.78, 5) is 0. The lowest BCUT2D eigenvalue weighted by Crippen LogP contribution is -2.29. The summed E-state index contributed by atoms with van der Waals surface area (Å²) in [6, 6.07) is 6.27. The van der Waals surface area contributed by atoms with Crippen LogP contribution in [0.4, 0.5) is 0 Å². The van der Waals surface area contributed by atoms with Gasteiger partial charge < -0.3 is 10.1 Å². The van der Waals surface area contributed by atoms with Crippen molar-refractivity contribution in [2.24, 2.45) is 0 Å². The van der Waals surface area contributed by atoms with Gasteiger partial charge in [-0.05, 0) is 43.1 Å². The molecule has 1 rings (SSSR count). The lowest BCUT2D eigenvalue weighted by molar-refractivity contribution is 0.187. The molecular formula is C15H24BrNO. The van der Waals surface area contributed by atoms with Gasteiger partial charge in [-0.15, -0.1) is 0 Å². The predicted molar refractivity (Wildman–Crippen MR) is 81.5 cm³/mol. The third-order valence-electron chi connectivity index (χ3n) is 2.93. The molecule has 102 valence electrons. The maximum absolute atomic E-state index is 6.16. The zero-order valence-electron chi connectivity index (χ0n) is 11.8. The molecule has 0 aliphatic rings. The summed E-state index contributed by atoms with van der Waals surface area (Å²) in [6.45, 7) is 7.47. The first kappa shape index (κ1) is 15.5. The third kappa shape index (κ3) is 4.62. The molecule has 0 saturated heterocycles. The average molecular weight is 314 g/mol. The largest absolute Gasteiger partial charge is 0.489 e. The molecule has 0 radical (unpaired) electrons. The maximum Gasteiger partial charge on any atom is 0.123 e. The number of ether oxygens (including phenoxy) is 1. The van der Waals surface area contributed by atoms with Crippen LogP contribution in [0.5, 0.6) is 5.75 Å². The van der Waals surface area contributed by atoms with Crippen LogP contribution < -0.4 is 10.1 Å². The Morgan fingerprint density at radius 3 is 2.61 bits per heavy atom. The summed E-state index contributed by atoms with van der Waals surface area (Å²) in [6.07, 6.45) is 2.47. The minimum absolute atomic E-state index is 0.249. The van der Waals surface area contributed by atoms with Gasteiger partial charge in [-0.25, -0.2) is 0 Å². The Bertz CT molecular complexity index is 360. The molecule has 2 nitrogen and oxygen atoms in total. The number of rotatable bonds is 7. The first-order valence-corrected chi connectivity index (χ1v) is 7.48. The Labute approximate surface area is 119 Å². The van der Waals surface area contributed by atoms with E-state index in [0.29, 0.717) is 5.92 Å². The maximum atomic E-state index is 6.16. The van der Waals surface area contributed by atoms with E-state index in [-0.39, 0.29) is 6.10 Å². The number of nitrogens with one attached hydrogen (secondary N) is 1. The molecule has 18 heavy (non-hydrogen) atoms. The van der Waals surface area contributed by atoms with Gasteiger partial charge in [0.2, 0.25) is 0 Å². The standard InChI is InChI=1S/C15H24BrNO/c1-5-6-13(10-17-4)18-15-8-7-12(16)9-14(15)11(2)3/h7-9,11,13,17H,5-6,10H2,1-4H3. The number of halogens is 1. The predicted octanol–water partition coefficient (Wildman–Crippen LogP) is 4.34. The van der Waals surface area contributed by atoms with Crippen molar-refractivity contribution >= 4 is 15.9 Å². The van der Waals surface area contributed by atoms with Crippen molar-refractivity contribution in [1.82, 2.24) is 5.32 Å². The van der Waals surface area contributed by atoms with Gasteiger partial charge in [0.15, 0.2) is 0 Å². The second-order valence-corrected chi connectivity index (χ2v) is 5.84. The fourth-order valence-electron chi connectivity index (χ4n) is 2.01. The van der Waals surface area contributed by atoms with Gasteiger partial charge in [0, 0.05) is 11.0 Å². The van der Waals surface area contributed by atoms with Gasteiger partial charge in [0.25, 0.3) is 0 Å². The van der Waals surface area contributed by atoms with E-state index in [1.54, 1.807) is 0 Å². The summed E-state index contributed by atoms with van der Waals surface area (Å²) < 4.78 is 7.27. The molecule has 1 unspecified atom stereocenters. The Hall–Kier alpha value is -0.540. The summed E-state index contributed by atoms with van der Waals surface area (Å²) in [5, 5.41) is 3.20. The van der Waals surface area contributed by atoms with Crippen molar-refractivity contribution in [3.05, 3.63) is 28.2 Å². The van der Waals surface area contributed by atoms with E-state index in [2.05, 4.69) is 54.2 Å². The highest BCUT2D eigenvalue weighted by atomic mass is 79.9. The highest BCUT2D eigenvalue weighted by Gasteiger charge is 2.13. The van der Waals surface area contributed by atoms with Gasteiger partial charge in [-0.1, -0.05) is 43.1 Å². The quantitative estimate of drug-likeness (QED) is 0.808. The van der Waals surface area contributed by atoms with Crippen LogP contribution in [0, 0.1) is 0 Å². The first-order valence-electron chi connectivity index (χ1n) is 6.69. The number of hydrogen-bond donors (Lipinski definition) is 1. The molecule has 0 heterocycles. The molecule has 1 aromatic carbocycles. The van der Waals surface area contributed by atoms with Gasteiger partial charge in [0.05, 0.1) is 0 Å². The van der Waals surface area contributed by atoms with Gasteiger partial charge in [-0.2, -0.15) is 0 Å².